The summed E-state index contributed by atoms with van der Waals surface area (Å²) in [5.41, 5.74) is 1.84. The first-order valence-corrected chi connectivity index (χ1v) is 11.0. The molecule has 2 aromatic heterocycles. The van der Waals surface area contributed by atoms with Crippen molar-refractivity contribution in [2.45, 2.75) is 63.5 Å². The largest absolute Gasteiger partial charge is 0.390 e. The van der Waals surface area contributed by atoms with Gasteiger partial charge in [0, 0.05) is 44.8 Å². The van der Waals surface area contributed by atoms with Gasteiger partial charge in [0.2, 0.25) is 0 Å². The van der Waals surface area contributed by atoms with E-state index in [1.807, 2.05) is 17.5 Å². The molecule has 29 heavy (non-hydrogen) atoms. The Bertz CT molecular complexity index is 923. The maximum absolute atomic E-state index is 10.2. The van der Waals surface area contributed by atoms with Crippen molar-refractivity contribution in [2.24, 2.45) is 5.92 Å². The van der Waals surface area contributed by atoms with E-state index in [0.29, 0.717) is 17.3 Å². The molecule has 1 saturated heterocycles. The number of hydrogen-bond donors (Lipinski definition) is 1. The van der Waals surface area contributed by atoms with Gasteiger partial charge in [0.1, 0.15) is 17.5 Å². The summed E-state index contributed by atoms with van der Waals surface area (Å²) in [5.74, 6) is 1.72. The molecular formula is C22H30N6O. The highest BCUT2D eigenvalue weighted by Crippen LogP contribution is 2.34. The van der Waals surface area contributed by atoms with Crippen LogP contribution in [0.15, 0.2) is 12.3 Å². The van der Waals surface area contributed by atoms with Gasteiger partial charge in [0.05, 0.1) is 11.3 Å². The molecule has 0 unspecified atom stereocenters. The number of rotatable bonds is 4. The summed E-state index contributed by atoms with van der Waals surface area (Å²) in [6.07, 6.45) is 9.49. The van der Waals surface area contributed by atoms with Crippen molar-refractivity contribution in [3.8, 4) is 6.07 Å². The molecule has 0 spiro atoms. The maximum atomic E-state index is 10.2. The number of hydrogen-bond acceptors (Lipinski definition) is 6. The zero-order valence-electron chi connectivity index (χ0n) is 17.2. The van der Waals surface area contributed by atoms with Crippen LogP contribution in [0.5, 0.6) is 0 Å². The molecule has 2 saturated carbocycles. The summed E-state index contributed by atoms with van der Waals surface area (Å²) < 4.78 is 2.00. The molecule has 5 rings (SSSR count). The molecule has 7 nitrogen and oxygen atoms in total. The van der Waals surface area contributed by atoms with Gasteiger partial charge >= 0.3 is 0 Å². The molecule has 3 aliphatic rings. The first-order chi connectivity index (χ1) is 14.0. The second-order valence-electron chi connectivity index (χ2n) is 9.40. The zero-order chi connectivity index (χ0) is 20.0. The van der Waals surface area contributed by atoms with E-state index in [1.54, 1.807) is 0 Å². The first kappa shape index (κ1) is 18.8. The number of aromatic nitrogens is 3. The van der Waals surface area contributed by atoms with Crippen molar-refractivity contribution in [3.05, 3.63) is 23.7 Å². The van der Waals surface area contributed by atoms with E-state index in [0.717, 1.165) is 75.7 Å². The van der Waals surface area contributed by atoms with E-state index >= 15 is 0 Å². The highest BCUT2D eigenvalue weighted by Gasteiger charge is 2.33. The van der Waals surface area contributed by atoms with E-state index in [9.17, 15) is 10.4 Å². The van der Waals surface area contributed by atoms with Crippen molar-refractivity contribution >= 4 is 11.3 Å². The van der Waals surface area contributed by atoms with Crippen LogP contribution in [0.4, 0.5) is 5.69 Å². The Morgan fingerprint density at radius 2 is 1.86 bits per heavy atom. The third-order valence-corrected chi connectivity index (χ3v) is 7.11. The molecule has 0 radical (unpaired) electrons. The van der Waals surface area contributed by atoms with E-state index in [1.165, 1.54) is 12.8 Å². The van der Waals surface area contributed by atoms with E-state index in [-0.39, 0.29) is 0 Å². The van der Waals surface area contributed by atoms with E-state index in [2.05, 4.69) is 32.1 Å². The Hall–Kier alpha value is -2.17. The Balaban J connectivity index is 1.30. The number of fused-ring (bicyclic) bond motifs is 1. The lowest BCUT2D eigenvalue weighted by molar-refractivity contribution is -0.00609. The molecule has 0 aromatic carbocycles. The monoisotopic (exact) mass is 394 g/mol. The highest BCUT2D eigenvalue weighted by atomic mass is 16.3. The minimum atomic E-state index is -0.480. The average molecular weight is 395 g/mol. The van der Waals surface area contributed by atoms with Crippen LogP contribution in [0.25, 0.3) is 5.65 Å². The Labute approximate surface area is 171 Å². The lowest BCUT2D eigenvalue weighted by Crippen LogP contribution is -2.52. The molecule has 2 aromatic rings. The number of nitriles is 1. The second kappa shape index (κ2) is 7.26. The van der Waals surface area contributed by atoms with Crippen molar-refractivity contribution < 1.29 is 5.11 Å². The summed E-state index contributed by atoms with van der Waals surface area (Å²) in [6, 6.07) is 5.04. The fourth-order valence-electron chi connectivity index (χ4n) is 5.00. The normalized spacial score (nSPS) is 28.6. The first-order valence-electron chi connectivity index (χ1n) is 11.0. The lowest BCUT2D eigenvalue weighted by atomic mass is 9.83. The number of anilines is 1. The third kappa shape index (κ3) is 3.72. The molecule has 1 N–H and O–H groups in total. The molecule has 3 heterocycles. The van der Waals surface area contributed by atoms with E-state index in [4.69, 9.17) is 0 Å². The second-order valence-corrected chi connectivity index (χ2v) is 9.40. The van der Waals surface area contributed by atoms with Gasteiger partial charge in [-0.15, -0.1) is 10.2 Å². The standard InChI is InChI=1S/C22H30N6O/c1-22(29)7-4-17(5-8-22)26-10-12-27(13-11-26)19-6-9-28-20(14-16-2-3-16)24-25-21(28)18(19)15-23/h6,9,16-17,29H,2-5,7-8,10-14H2,1H3. The van der Waals surface area contributed by atoms with Crippen LogP contribution in [0, 0.1) is 17.2 Å². The third-order valence-electron chi connectivity index (χ3n) is 7.11. The van der Waals surface area contributed by atoms with Gasteiger partial charge in [-0.25, -0.2) is 0 Å². The van der Waals surface area contributed by atoms with Crippen LogP contribution < -0.4 is 4.90 Å². The molecular weight excluding hydrogens is 364 g/mol. The topological polar surface area (TPSA) is 80.7 Å². The Morgan fingerprint density at radius 1 is 1.14 bits per heavy atom. The minimum absolute atomic E-state index is 0.480. The van der Waals surface area contributed by atoms with Gasteiger partial charge in [0.15, 0.2) is 5.65 Å². The predicted molar refractivity (Wildman–Crippen MR) is 111 cm³/mol. The number of piperazine rings is 1. The van der Waals surface area contributed by atoms with Gasteiger partial charge < -0.3 is 10.0 Å². The van der Waals surface area contributed by atoms with Crippen LogP contribution in [0.3, 0.4) is 0 Å². The van der Waals surface area contributed by atoms with Gasteiger partial charge in [0.25, 0.3) is 0 Å². The molecule has 0 amide bonds. The summed E-state index contributed by atoms with van der Waals surface area (Å²) in [4.78, 5) is 4.89. The molecule has 0 bridgehead atoms. The average Bonchev–Trinajstić information content (AvgIpc) is 3.46. The molecule has 1 aliphatic heterocycles. The van der Waals surface area contributed by atoms with Crippen LogP contribution >= 0.6 is 0 Å². The fraction of sp³-hybridized carbons (Fsp3) is 0.682. The quantitative estimate of drug-likeness (QED) is 0.858. The summed E-state index contributed by atoms with van der Waals surface area (Å²) >= 11 is 0. The van der Waals surface area contributed by atoms with Gasteiger partial charge in [-0.2, -0.15) is 5.26 Å². The predicted octanol–water partition coefficient (Wildman–Crippen LogP) is 2.37. The molecule has 154 valence electrons. The van der Waals surface area contributed by atoms with Gasteiger partial charge in [-0.1, -0.05) is 0 Å². The zero-order valence-corrected chi connectivity index (χ0v) is 17.2. The number of nitrogens with zero attached hydrogens (tertiary/aromatic N) is 6. The summed E-state index contributed by atoms with van der Waals surface area (Å²) in [7, 11) is 0. The Kier molecular flexibility index (Phi) is 4.72. The van der Waals surface area contributed by atoms with E-state index < -0.39 is 5.60 Å². The van der Waals surface area contributed by atoms with Crippen molar-refractivity contribution in [2.75, 3.05) is 31.1 Å². The molecule has 3 fully saturated rings. The van der Waals surface area contributed by atoms with Gasteiger partial charge in [-0.05, 0) is 57.4 Å². The smallest absolute Gasteiger partial charge is 0.180 e. The minimum Gasteiger partial charge on any atom is -0.390 e. The number of pyridine rings is 1. The molecule has 7 heteroatoms. The number of aliphatic hydroxyl groups is 1. The van der Waals surface area contributed by atoms with Crippen molar-refractivity contribution in [3.63, 3.8) is 0 Å². The highest BCUT2D eigenvalue weighted by molar-refractivity contribution is 5.71. The van der Waals surface area contributed by atoms with Crippen LogP contribution in [-0.2, 0) is 6.42 Å². The van der Waals surface area contributed by atoms with Crippen LogP contribution in [0.1, 0.15) is 56.8 Å². The fourth-order valence-corrected chi connectivity index (χ4v) is 5.00. The van der Waals surface area contributed by atoms with Gasteiger partial charge in [-0.3, -0.25) is 9.30 Å². The van der Waals surface area contributed by atoms with Crippen molar-refractivity contribution in [1.82, 2.24) is 19.5 Å². The lowest BCUT2D eigenvalue weighted by Gasteiger charge is -2.44. The molecule has 2 aliphatic carbocycles. The summed E-state index contributed by atoms with van der Waals surface area (Å²) in [5, 5.41) is 28.8. The SMILES string of the molecule is CC1(O)CCC(N2CCN(c3ccn4c(CC5CC5)nnc4c3C#N)CC2)CC1. The van der Waals surface area contributed by atoms with Crippen LogP contribution in [-0.4, -0.2) is 62.4 Å². The van der Waals surface area contributed by atoms with Crippen molar-refractivity contribution in [1.29, 1.82) is 5.26 Å². The maximum Gasteiger partial charge on any atom is 0.180 e. The summed E-state index contributed by atoms with van der Waals surface area (Å²) in [6.45, 7) is 5.80. The van der Waals surface area contributed by atoms with Crippen LogP contribution in [0.2, 0.25) is 0 Å². The molecule has 0 atom stereocenters. The Morgan fingerprint density at radius 3 is 2.52 bits per heavy atom.